The van der Waals surface area contributed by atoms with Gasteiger partial charge in [-0.05, 0) is 37.7 Å². The van der Waals surface area contributed by atoms with Crippen molar-refractivity contribution in [3.8, 4) is 0 Å². The van der Waals surface area contributed by atoms with Gasteiger partial charge in [-0.15, -0.1) is 11.3 Å². The Bertz CT molecular complexity index is 855. The van der Waals surface area contributed by atoms with Crippen molar-refractivity contribution in [2.45, 2.75) is 33.1 Å². The zero-order chi connectivity index (χ0) is 16.0. The van der Waals surface area contributed by atoms with Crippen LogP contribution in [-0.4, -0.2) is 44.4 Å². The van der Waals surface area contributed by atoms with Gasteiger partial charge < -0.3 is 10.0 Å². The van der Waals surface area contributed by atoms with Crippen molar-refractivity contribution in [3.05, 3.63) is 16.8 Å². The molecule has 0 fully saturated rings. The quantitative estimate of drug-likeness (QED) is 0.794. The second-order valence-electron chi connectivity index (χ2n) is 6.24. The molecule has 7 heteroatoms. The summed E-state index contributed by atoms with van der Waals surface area (Å²) in [6, 6.07) is 0. The van der Waals surface area contributed by atoms with Crippen LogP contribution in [0.3, 0.4) is 0 Å². The summed E-state index contributed by atoms with van der Waals surface area (Å²) in [6.07, 6.45) is 5.10. The number of rotatable bonds is 4. The van der Waals surface area contributed by atoms with E-state index < -0.39 is 0 Å². The van der Waals surface area contributed by atoms with E-state index in [1.54, 1.807) is 17.7 Å². The number of aromatic nitrogens is 4. The van der Waals surface area contributed by atoms with Crippen molar-refractivity contribution in [1.29, 1.82) is 0 Å². The van der Waals surface area contributed by atoms with Crippen molar-refractivity contribution >= 4 is 33.1 Å². The molecule has 0 spiro atoms. The first-order chi connectivity index (χ1) is 11.2. The highest BCUT2D eigenvalue weighted by molar-refractivity contribution is 7.19. The lowest BCUT2D eigenvalue weighted by molar-refractivity contribution is 0.301. The maximum absolute atomic E-state index is 9.31. The predicted molar refractivity (Wildman–Crippen MR) is 92.3 cm³/mol. The summed E-state index contributed by atoms with van der Waals surface area (Å²) in [5.41, 5.74) is 2.32. The molecule has 1 atom stereocenters. The van der Waals surface area contributed by atoms with Gasteiger partial charge in [-0.2, -0.15) is 9.61 Å². The van der Waals surface area contributed by atoms with Crippen LogP contribution in [0, 0.1) is 5.92 Å². The number of aliphatic hydroxyl groups excluding tert-OH is 1. The molecule has 6 nitrogen and oxygen atoms in total. The van der Waals surface area contributed by atoms with Crippen LogP contribution in [0.4, 0.5) is 5.95 Å². The van der Waals surface area contributed by atoms with E-state index in [4.69, 9.17) is 4.98 Å². The SMILES string of the molecule is CCN(CCO)c1nc2sc3c(c2c2ncnn12)C[C@@H](C)CC3. The van der Waals surface area contributed by atoms with Gasteiger partial charge in [0.1, 0.15) is 11.2 Å². The summed E-state index contributed by atoms with van der Waals surface area (Å²) in [5, 5.41) is 14.9. The molecular formula is C16H21N5OS. The molecule has 1 N–H and O–H groups in total. The van der Waals surface area contributed by atoms with E-state index in [0.717, 1.165) is 35.8 Å². The molecule has 0 aliphatic heterocycles. The lowest BCUT2D eigenvalue weighted by atomic mass is 9.89. The Kier molecular flexibility index (Phi) is 3.69. The Morgan fingerprint density at radius 1 is 1.48 bits per heavy atom. The molecule has 122 valence electrons. The van der Waals surface area contributed by atoms with Gasteiger partial charge >= 0.3 is 0 Å². The normalized spacial score (nSPS) is 17.8. The minimum absolute atomic E-state index is 0.0994. The second-order valence-corrected chi connectivity index (χ2v) is 7.33. The van der Waals surface area contributed by atoms with Gasteiger partial charge in [0.05, 0.1) is 12.0 Å². The van der Waals surface area contributed by atoms with Crippen molar-refractivity contribution < 1.29 is 5.11 Å². The summed E-state index contributed by atoms with van der Waals surface area (Å²) in [4.78, 5) is 14.0. The predicted octanol–water partition coefficient (Wildman–Crippen LogP) is 2.28. The van der Waals surface area contributed by atoms with E-state index in [-0.39, 0.29) is 6.61 Å². The number of thiophene rings is 1. The largest absolute Gasteiger partial charge is 0.395 e. The number of aliphatic hydroxyl groups is 1. The summed E-state index contributed by atoms with van der Waals surface area (Å²) in [5.74, 6) is 1.48. The summed E-state index contributed by atoms with van der Waals surface area (Å²) >= 11 is 1.80. The molecule has 1 aliphatic carbocycles. The van der Waals surface area contributed by atoms with E-state index in [9.17, 15) is 5.11 Å². The number of hydrogen-bond acceptors (Lipinski definition) is 6. The van der Waals surface area contributed by atoms with Crippen LogP contribution in [0.2, 0.25) is 0 Å². The zero-order valence-corrected chi connectivity index (χ0v) is 14.3. The highest BCUT2D eigenvalue weighted by Crippen LogP contribution is 2.39. The molecule has 3 aromatic rings. The van der Waals surface area contributed by atoms with Gasteiger partial charge in [0.15, 0.2) is 5.65 Å². The second kappa shape index (κ2) is 5.72. The molecule has 0 saturated heterocycles. The molecule has 1 aliphatic rings. The molecule has 4 rings (SSSR count). The molecule has 0 unspecified atom stereocenters. The fourth-order valence-corrected chi connectivity index (χ4v) is 4.68. The lowest BCUT2D eigenvalue weighted by Gasteiger charge is -2.21. The third-order valence-electron chi connectivity index (χ3n) is 4.69. The fraction of sp³-hybridized carbons (Fsp3) is 0.562. The van der Waals surface area contributed by atoms with Gasteiger partial charge in [0.2, 0.25) is 5.95 Å². The Hall–Kier alpha value is -1.73. The summed E-state index contributed by atoms with van der Waals surface area (Å²) < 4.78 is 1.83. The third kappa shape index (κ3) is 2.30. The van der Waals surface area contributed by atoms with Gasteiger partial charge in [-0.25, -0.2) is 9.97 Å². The number of anilines is 1. The van der Waals surface area contributed by atoms with Crippen LogP contribution in [-0.2, 0) is 12.8 Å². The van der Waals surface area contributed by atoms with Gasteiger partial charge in [-0.1, -0.05) is 6.92 Å². The van der Waals surface area contributed by atoms with E-state index >= 15 is 0 Å². The van der Waals surface area contributed by atoms with Crippen LogP contribution >= 0.6 is 11.3 Å². The van der Waals surface area contributed by atoms with E-state index in [1.807, 2.05) is 9.42 Å². The maximum Gasteiger partial charge on any atom is 0.230 e. The number of aryl methyl sites for hydroxylation is 1. The van der Waals surface area contributed by atoms with Crippen LogP contribution in [0.1, 0.15) is 30.7 Å². The maximum atomic E-state index is 9.31. The molecular weight excluding hydrogens is 310 g/mol. The highest BCUT2D eigenvalue weighted by atomic mass is 32.1. The fourth-order valence-electron chi connectivity index (χ4n) is 3.47. The third-order valence-corrected chi connectivity index (χ3v) is 5.87. The summed E-state index contributed by atoms with van der Waals surface area (Å²) in [6.45, 7) is 5.80. The van der Waals surface area contributed by atoms with Crippen molar-refractivity contribution in [2.75, 3.05) is 24.6 Å². The van der Waals surface area contributed by atoms with E-state index in [0.29, 0.717) is 12.5 Å². The van der Waals surface area contributed by atoms with Crippen LogP contribution in [0.15, 0.2) is 6.33 Å². The molecule has 0 bridgehead atoms. The first kappa shape index (κ1) is 14.8. The van der Waals surface area contributed by atoms with Crippen molar-refractivity contribution in [2.24, 2.45) is 5.92 Å². The average molecular weight is 331 g/mol. The molecule has 3 aromatic heterocycles. The zero-order valence-electron chi connectivity index (χ0n) is 13.5. The minimum atomic E-state index is 0.0994. The van der Waals surface area contributed by atoms with Crippen molar-refractivity contribution in [1.82, 2.24) is 19.6 Å². The van der Waals surface area contributed by atoms with Gasteiger partial charge in [0.25, 0.3) is 0 Å². The van der Waals surface area contributed by atoms with E-state index in [1.165, 1.54) is 22.2 Å². The Morgan fingerprint density at radius 3 is 3.13 bits per heavy atom. The molecule has 0 aromatic carbocycles. The molecule has 0 radical (unpaired) electrons. The van der Waals surface area contributed by atoms with Crippen LogP contribution < -0.4 is 4.90 Å². The van der Waals surface area contributed by atoms with E-state index in [2.05, 4.69) is 23.9 Å². The topological polar surface area (TPSA) is 66.5 Å². The number of likely N-dealkylation sites (N-methyl/N-ethyl adjacent to an activating group) is 1. The van der Waals surface area contributed by atoms with Gasteiger partial charge in [-0.3, -0.25) is 0 Å². The van der Waals surface area contributed by atoms with Crippen molar-refractivity contribution in [3.63, 3.8) is 0 Å². The average Bonchev–Trinajstić information content (AvgIpc) is 3.15. The number of hydrogen-bond donors (Lipinski definition) is 1. The molecule has 3 heterocycles. The monoisotopic (exact) mass is 331 g/mol. The minimum Gasteiger partial charge on any atom is -0.395 e. The first-order valence-electron chi connectivity index (χ1n) is 8.22. The Labute approximate surface area is 138 Å². The van der Waals surface area contributed by atoms with Crippen LogP contribution in [0.5, 0.6) is 0 Å². The summed E-state index contributed by atoms with van der Waals surface area (Å²) in [7, 11) is 0. The Balaban J connectivity index is 1.98. The van der Waals surface area contributed by atoms with Crippen LogP contribution in [0.25, 0.3) is 15.9 Å². The standard InChI is InChI=1S/C16H21N5OS/c1-3-20(6-7-22)16-19-15-13(14-17-9-18-21(14)16)11-8-10(2)4-5-12(11)23-15/h9-10,22H,3-8H2,1-2H3/t10-/m0/s1. The highest BCUT2D eigenvalue weighted by Gasteiger charge is 2.25. The smallest absolute Gasteiger partial charge is 0.230 e. The Morgan fingerprint density at radius 2 is 2.35 bits per heavy atom. The number of fused-ring (bicyclic) bond motifs is 5. The number of nitrogens with zero attached hydrogens (tertiary/aromatic N) is 5. The molecule has 23 heavy (non-hydrogen) atoms. The first-order valence-corrected chi connectivity index (χ1v) is 9.04. The molecule has 0 saturated carbocycles. The molecule has 0 amide bonds. The van der Waals surface area contributed by atoms with Gasteiger partial charge in [0, 0.05) is 18.0 Å². The lowest BCUT2D eigenvalue weighted by Crippen LogP contribution is -2.29.